The molecule has 0 saturated heterocycles. The molecule has 1 aromatic carbocycles. The van der Waals surface area contributed by atoms with Crippen LogP contribution in [0, 0.1) is 5.82 Å². The fourth-order valence-corrected chi connectivity index (χ4v) is 1.84. The Bertz CT molecular complexity index is 600. The second kappa shape index (κ2) is 5.77. The van der Waals surface area contributed by atoms with Gasteiger partial charge in [-0.3, -0.25) is 9.36 Å². The average Bonchev–Trinajstić information content (AvgIpc) is 2.37. The molecule has 2 rings (SSSR count). The quantitative estimate of drug-likeness (QED) is 0.942. The molecule has 0 atom stereocenters. The molecule has 1 heterocycles. The summed E-state index contributed by atoms with van der Waals surface area (Å²) in [5.74, 6) is -0.308. The Balaban J connectivity index is 1.99. The summed E-state index contributed by atoms with van der Waals surface area (Å²) in [6, 6.07) is 6.41. The van der Waals surface area contributed by atoms with Crippen LogP contribution in [0.1, 0.15) is 0 Å². The number of hydrogen-bond donors (Lipinski definition) is 1. The molecular weight excluding hydrogens is 301 g/mol. The predicted molar refractivity (Wildman–Crippen MR) is 71.1 cm³/mol. The molecule has 94 valence electrons. The summed E-state index contributed by atoms with van der Waals surface area (Å²) in [5, 5.41) is 2.93. The Labute approximate surface area is 112 Å². The van der Waals surface area contributed by atoms with Crippen LogP contribution in [0.25, 0.3) is 0 Å². The van der Waals surface area contributed by atoms with Gasteiger partial charge >= 0.3 is 0 Å². The third kappa shape index (κ3) is 2.95. The lowest BCUT2D eigenvalue weighted by molar-refractivity contribution is 0.625. The topological polar surface area (TPSA) is 46.9 Å². The van der Waals surface area contributed by atoms with Gasteiger partial charge in [0.2, 0.25) is 0 Å². The number of nitrogens with zero attached hydrogens (tertiary/aromatic N) is 2. The van der Waals surface area contributed by atoms with Gasteiger partial charge in [0.1, 0.15) is 10.3 Å². The molecule has 0 amide bonds. The minimum absolute atomic E-state index is 0.152. The molecule has 2 aromatic rings. The average molecular weight is 312 g/mol. The highest BCUT2D eigenvalue weighted by Crippen LogP contribution is 2.11. The maximum atomic E-state index is 13.3. The van der Waals surface area contributed by atoms with E-state index in [0.717, 1.165) is 0 Å². The van der Waals surface area contributed by atoms with Crippen molar-refractivity contribution >= 4 is 21.6 Å². The van der Waals surface area contributed by atoms with Gasteiger partial charge in [-0.05, 0) is 28.1 Å². The molecule has 1 aromatic heterocycles. The summed E-state index contributed by atoms with van der Waals surface area (Å²) in [6.45, 7) is 0.860. The van der Waals surface area contributed by atoms with E-state index in [9.17, 15) is 9.18 Å². The first-order chi connectivity index (χ1) is 8.68. The Kier molecular flexibility index (Phi) is 4.09. The van der Waals surface area contributed by atoms with Gasteiger partial charge in [0.05, 0.1) is 12.0 Å². The summed E-state index contributed by atoms with van der Waals surface area (Å²) in [5.41, 5.74) is 0.272. The summed E-state index contributed by atoms with van der Waals surface area (Å²) in [4.78, 5) is 15.6. The van der Waals surface area contributed by atoms with Crippen molar-refractivity contribution in [2.75, 3.05) is 11.9 Å². The van der Waals surface area contributed by atoms with E-state index in [0.29, 0.717) is 23.2 Å². The maximum absolute atomic E-state index is 13.3. The summed E-state index contributed by atoms with van der Waals surface area (Å²) in [7, 11) is 0. The highest BCUT2D eigenvalue weighted by molar-refractivity contribution is 9.10. The van der Waals surface area contributed by atoms with Gasteiger partial charge in [-0.1, -0.05) is 12.1 Å². The minimum atomic E-state index is -0.308. The van der Waals surface area contributed by atoms with Crippen molar-refractivity contribution in [1.29, 1.82) is 0 Å². The Morgan fingerprint density at radius 2 is 2.17 bits per heavy atom. The molecule has 0 aliphatic rings. The molecule has 0 spiro atoms. The molecule has 0 fully saturated rings. The fourth-order valence-electron chi connectivity index (χ4n) is 1.50. The fraction of sp³-hybridized carbons (Fsp3) is 0.167. The number of hydrogen-bond acceptors (Lipinski definition) is 3. The number of halogens is 2. The van der Waals surface area contributed by atoms with Crippen LogP contribution in [0.15, 0.2) is 46.1 Å². The first-order valence-electron chi connectivity index (χ1n) is 5.37. The van der Waals surface area contributed by atoms with Crippen LogP contribution in [-0.4, -0.2) is 16.1 Å². The standard InChI is InChI=1S/C12H11BrFN3O/c13-9-7-15-8-17(12(9)18)6-5-16-11-4-2-1-3-10(11)14/h1-4,7-8,16H,5-6H2. The summed E-state index contributed by atoms with van der Waals surface area (Å²) < 4.78 is 15.2. The van der Waals surface area contributed by atoms with E-state index < -0.39 is 0 Å². The molecular formula is C12H11BrFN3O. The van der Waals surface area contributed by atoms with E-state index in [4.69, 9.17) is 0 Å². The van der Waals surface area contributed by atoms with Crippen molar-refractivity contribution in [2.24, 2.45) is 0 Å². The lowest BCUT2D eigenvalue weighted by Crippen LogP contribution is -2.24. The molecule has 1 N–H and O–H groups in total. The van der Waals surface area contributed by atoms with Crippen LogP contribution in [0.2, 0.25) is 0 Å². The van der Waals surface area contributed by atoms with Crippen LogP contribution in [0.3, 0.4) is 0 Å². The maximum Gasteiger partial charge on any atom is 0.267 e. The Hall–Kier alpha value is -1.69. The van der Waals surface area contributed by atoms with E-state index in [-0.39, 0.29) is 11.4 Å². The van der Waals surface area contributed by atoms with Gasteiger partial charge in [0, 0.05) is 19.3 Å². The molecule has 0 aliphatic carbocycles. The number of aromatic nitrogens is 2. The van der Waals surface area contributed by atoms with Crippen LogP contribution in [0.4, 0.5) is 10.1 Å². The van der Waals surface area contributed by atoms with Crippen molar-refractivity contribution < 1.29 is 4.39 Å². The van der Waals surface area contributed by atoms with Gasteiger partial charge in [0.25, 0.3) is 5.56 Å². The van der Waals surface area contributed by atoms with Gasteiger partial charge in [0.15, 0.2) is 0 Å². The summed E-state index contributed by atoms with van der Waals surface area (Å²) in [6.07, 6.45) is 2.90. The lowest BCUT2D eigenvalue weighted by Gasteiger charge is -2.08. The van der Waals surface area contributed by atoms with Crippen molar-refractivity contribution in [2.45, 2.75) is 6.54 Å². The highest BCUT2D eigenvalue weighted by atomic mass is 79.9. The molecule has 4 nitrogen and oxygen atoms in total. The lowest BCUT2D eigenvalue weighted by atomic mass is 10.3. The normalized spacial score (nSPS) is 10.3. The zero-order valence-corrected chi connectivity index (χ0v) is 11.0. The predicted octanol–water partition coefficient (Wildman–Crippen LogP) is 2.26. The van der Waals surface area contributed by atoms with E-state index in [1.54, 1.807) is 18.2 Å². The minimum Gasteiger partial charge on any atom is -0.381 e. The van der Waals surface area contributed by atoms with Crippen LogP contribution in [-0.2, 0) is 6.54 Å². The van der Waals surface area contributed by atoms with Gasteiger partial charge in [-0.15, -0.1) is 0 Å². The number of para-hydroxylation sites is 1. The van der Waals surface area contributed by atoms with Crippen LogP contribution < -0.4 is 10.9 Å². The smallest absolute Gasteiger partial charge is 0.267 e. The molecule has 0 aliphatic heterocycles. The van der Waals surface area contributed by atoms with Gasteiger partial charge in [-0.25, -0.2) is 9.37 Å². The van der Waals surface area contributed by atoms with E-state index >= 15 is 0 Å². The third-order valence-electron chi connectivity index (χ3n) is 2.40. The first-order valence-corrected chi connectivity index (χ1v) is 6.16. The molecule has 6 heteroatoms. The second-order valence-corrected chi connectivity index (χ2v) is 4.50. The summed E-state index contributed by atoms with van der Waals surface area (Å²) >= 11 is 3.12. The van der Waals surface area contributed by atoms with E-state index in [2.05, 4.69) is 26.2 Å². The SMILES string of the molecule is O=c1c(Br)cncn1CCNc1ccccc1F. The zero-order valence-electron chi connectivity index (χ0n) is 9.44. The third-order valence-corrected chi connectivity index (χ3v) is 2.95. The largest absolute Gasteiger partial charge is 0.381 e. The van der Waals surface area contributed by atoms with Crippen LogP contribution >= 0.6 is 15.9 Å². The number of rotatable bonds is 4. The number of nitrogens with one attached hydrogen (secondary N) is 1. The Morgan fingerprint density at radius 1 is 1.39 bits per heavy atom. The van der Waals surface area contributed by atoms with Crippen molar-refractivity contribution in [1.82, 2.24) is 9.55 Å². The molecule has 18 heavy (non-hydrogen) atoms. The first kappa shape index (κ1) is 12.8. The molecule has 0 unspecified atom stereocenters. The van der Waals surface area contributed by atoms with Crippen molar-refractivity contribution in [3.63, 3.8) is 0 Å². The zero-order chi connectivity index (χ0) is 13.0. The van der Waals surface area contributed by atoms with E-state index in [1.807, 2.05) is 0 Å². The molecule has 0 radical (unpaired) electrons. The molecule has 0 saturated carbocycles. The Morgan fingerprint density at radius 3 is 2.94 bits per heavy atom. The van der Waals surface area contributed by atoms with Crippen LogP contribution in [0.5, 0.6) is 0 Å². The van der Waals surface area contributed by atoms with Crippen molar-refractivity contribution in [3.05, 3.63) is 57.4 Å². The highest BCUT2D eigenvalue weighted by Gasteiger charge is 2.02. The molecule has 0 bridgehead atoms. The van der Waals surface area contributed by atoms with E-state index in [1.165, 1.54) is 23.2 Å². The second-order valence-electron chi connectivity index (χ2n) is 3.65. The van der Waals surface area contributed by atoms with Crippen molar-refractivity contribution in [3.8, 4) is 0 Å². The monoisotopic (exact) mass is 311 g/mol. The van der Waals surface area contributed by atoms with Gasteiger partial charge in [-0.2, -0.15) is 0 Å². The van der Waals surface area contributed by atoms with Gasteiger partial charge < -0.3 is 5.32 Å². The number of anilines is 1. The number of benzene rings is 1.